The first-order valence-electron chi connectivity index (χ1n) is 4.14. The first kappa shape index (κ1) is 12.2. The Bertz CT molecular complexity index is 379. The van der Waals surface area contributed by atoms with Crippen LogP contribution in [-0.4, -0.2) is 18.9 Å². The van der Waals surface area contributed by atoms with Crippen LogP contribution in [0.2, 0.25) is 0 Å². The number of carbonyl (C=O) groups is 1. The van der Waals surface area contributed by atoms with Crippen molar-refractivity contribution < 1.29 is 27.4 Å². The van der Waals surface area contributed by atoms with Crippen molar-refractivity contribution in [1.29, 1.82) is 0 Å². The predicted octanol–water partition coefficient (Wildman–Crippen LogP) is 1.45. The van der Waals surface area contributed by atoms with Gasteiger partial charge in [0.15, 0.2) is 6.61 Å². The molecule has 0 bridgehead atoms. The second kappa shape index (κ2) is 4.73. The van der Waals surface area contributed by atoms with Crippen LogP contribution in [0.3, 0.4) is 0 Å². The lowest BCUT2D eigenvalue weighted by Gasteiger charge is -2.10. The van der Waals surface area contributed by atoms with Gasteiger partial charge >= 0.3 is 6.36 Å². The minimum Gasteiger partial charge on any atom is -0.484 e. The number of ether oxygens (including phenoxy) is 2. The minimum absolute atomic E-state index is 0.0700. The van der Waals surface area contributed by atoms with E-state index in [2.05, 4.69) is 4.74 Å². The number of nitrogens with two attached hydrogens (primary N) is 1. The number of benzene rings is 1. The molecule has 0 aliphatic carbocycles. The number of rotatable bonds is 4. The summed E-state index contributed by atoms with van der Waals surface area (Å²) in [6, 6.07) is 4.81. The van der Waals surface area contributed by atoms with Crippen molar-refractivity contribution in [3.05, 3.63) is 24.3 Å². The van der Waals surface area contributed by atoms with Gasteiger partial charge in [-0.05, 0) is 12.1 Å². The normalized spacial score (nSPS) is 10.9. The van der Waals surface area contributed by atoms with Crippen LogP contribution in [0.25, 0.3) is 0 Å². The van der Waals surface area contributed by atoms with Gasteiger partial charge in [-0.3, -0.25) is 4.79 Å². The third-order valence-corrected chi connectivity index (χ3v) is 1.42. The maximum atomic E-state index is 11.8. The van der Waals surface area contributed by atoms with Gasteiger partial charge in [-0.15, -0.1) is 13.2 Å². The molecule has 2 N–H and O–H groups in total. The Morgan fingerprint density at radius 2 is 1.94 bits per heavy atom. The van der Waals surface area contributed by atoms with Crippen LogP contribution in [-0.2, 0) is 4.79 Å². The molecule has 0 saturated heterocycles. The number of alkyl halides is 3. The Morgan fingerprint density at radius 3 is 2.50 bits per heavy atom. The van der Waals surface area contributed by atoms with E-state index in [1.54, 1.807) is 0 Å². The highest BCUT2D eigenvalue weighted by atomic mass is 19.4. The Hall–Kier alpha value is -1.92. The van der Waals surface area contributed by atoms with Crippen LogP contribution in [0, 0.1) is 0 Å². The van der Waals surface area contributed by atoms with E-state index in [1.807, 2.05) is 0 Å². The fourth-order valence-electron chi connectivity index (χ4n) is 0.916. The van der Waals surface area contributed by atoms with Crippen molar-refractivity contribution in [1.82, 2.24) is 0 Å². The summed E-state index contributed by atoms with van der Waals surface area (Å²) in [6.07, 6.45) is -4.76. The zero-order chi connectivity index (χ0) is 12.2. The van der Waals surface area contributed by atoms with E-state index in [4.69, 9.17) is 10.5 Å². The summed E-state index contributed by atoms with van der Waals surface area (Å²) < 4.78 is 44.0. The Labute approximate surface area is 88.8 Å². The van der Waals surface area contributed by atoms with Gasteiger partial charge in [-0.25, -0.2) is 0 Å². The molecule has 4 nitrogen and oxygen atoms in total. The number of hydrogen-bond donors (Lipinski definition) is 1. The zero-order valence-electron chi connectivity index (χ0n) is 7.95. The summed E-state index contributed by atoms with van der Waals surface area (Å²) in [5.41, 5.74) is 4.80. The molecule has 0 unspecified atom stereocenters. The highest BCUT2D eigenvalue weighted by Gasteiger charge is 2.31. The molecule has 88 valence electrons. The second-order valence-corrected chi connectivity index (χ2v) is 2.78. The molecule has 16 heavy (non-hydrogen) atoms. The van der Waals surface area contributed by atoms with Crippen LogP contribution < -0.4 is 15.2 Å². The average Bonchev–Trinajstić information content (AvgIpc) is 2.12. The standard InChI is InChI=1S/C9H8F3NO3/c10-9(11,12)16-7-3-1-2-6(4-7)15-5-8(13)14/h1-4H,5H2,(H2,13,14). The molecule has 0 radical (unpaired) electrons. The van der Waals surface area contributed by atoms with Gasteiger partial charge in [0.05, 0.1) is 0 Å². The maximum absolute atomic E-state index is 11.8. The maximum Gasteiger partial charge on any atom is 0.573 e. The summed E-state index contributed by atoms with van der Waals surface area (Å²) in [6.45, 7) is -0.407. The number of primary amides is 1. The average molecular weight is 235 g/mol. The van der Waals surface area contributed by atoms with E-state index in [0.29, 0.717) is 0 Å². The monoisotopic (exact) mass is 235 g/mol. The summed E-state index contributed by atoms with van der Waals surface area (Å²) in [4.78, 5) is 10.4. The van der Waals surface area contributed by atoms with E-state index in [0.717, 1.165) is 12.1 Å². The molecule has 1 rings (SSSR count). The van der Waals surface area contributed by atoms with Crippen molar-refractivity contribution in [3.8, 4) is 11.5 Å². The molecule has 0 aromatic heterocycles. The van der Waals surface area contributed by atoms with Gasteiger partial charge in [0, 0.05) is 6.07 Å². The first-order chi connectivity index (χ1) is 7.37. The highest BCUT2D eigenvalue weighted by Crippen LogP contribution is 2.25. The van der Waals surface area contributed by atoms with Crippen molar-refractivity contribution >= 4 is 5.91 Å². The highest BCUT2D eigenvalue weighted by molar-refractivity contribution is 5.75. The van der Waals surface area contributed by atoms with E-state index >= 15 is 0 Å². The third-order valence-electron chi connectivity index (χ3n) is 1.42. The van der Waals surface area contributed by atoms with Crippen LogP contribution in [0.4, 0.5) is 13.2 Å². The lowest BCUT2D eigenvalue weighted by Crippen LogP contribution is -2.20. The molecule has 7 heteroatoms. The smallest absolute Gasteiger partial charge is 0.484 e. The molecule has 1 aromatic carbocycles. The molecule has 0 aliphatic rings. The molecular weight excluding hydrogens is 227 g/mol. The summed E-state index contributed by atoms with van der Waals surface area (Å²) in [5.74, 6) is -1.07. The van der Waals surface area contributed by atoms with Gasteiger partial charge in [0.1, 0.15) is 11.5 Å². The summed E-state index contributed by atoms with van der Waals surface area (Å²) in [5, 5.41) is 0. The molecule has 1 amide bonds. The SMILES string of the molecule is NC(=O)COc1cccc(OC(F)(F)F)c1. The summed E-state index contributed by atoms with van der Waals surface area (Å²) >= 11 is 0. The zero-order valence-corrected chi connectivity index (χ0v) is 7.95. The number of amides is 1. The van der Waals surface area contributed by atoms with Crippen LogP contribution in [0.1, 0.15) is 0 Å². The van der Waals surface area contributed by atoms with Crippen molar-refractivity contribution in [2.45, 2.75) is 6.36 Å². The largest absolute Gasteiger partial charge is 0.573 e. The van der Waals surface area contributed by atoms with Crippen molar-refractivity contribution in [2.75, 3.05) is 6.61 Å². The van der Waals surface area contributed by atoms with Crippen molar-refractivity contribution in [3.63, 3.8) is 0 Å². The van der Waals surface area contributed by atoms with Crippen LogP contribution in [0.5, 0.6) is 11.5 Å². The fourth-order valence-corrected chi connectivity index (χ4v) is 0.916. The Balaban J connectivity index is 2.67. The predicted molar refractivity (Wildman–Crippen MR) is 47.8 cm³/mol. The molecule has 0 heterocycles. The lowest BCUT2D eigenvalue weighted by atomic mass is 10.3. The lowest BCUT2D eigenvalue weighted by molar-refractivity contribution is -0.274. The van der Waals surface area contributed by atoms with Gasteiger partial charge in [-0.1, -0.05) is 6.07 Å². The number of hydrogen-bond acceptors (Lipinski definition) is 3. The Kier molecular flexibility index (Phi) is 3.60. The van der Waals surface area contributed by atoms with E-state index in [1.165, 1.54) is 12.1 Å². The molecule has 0 aliphatic heterocycles. The Morgan fingerprint density at radius 1 is 1.31 bits per heavy atom. The minimum atomic E-state index is -4.76. The van der Waals surface area contributed by atoms with Gasteiger partial charge in [-0.2, -0.15) is 0 Å². The van der Waals surface area contributed by atoms with Gasteiger partial charge < -0.3 is 15.2 Å². The number of halogens is 3. The quantitative estimate of drug-likeness (QED) is 0.859. The third kappa shape index (κ3) is 4.54. The molecule has 1 aromatic rings. The first-order valence-corrected chi connectivity index (χ1v) is 4.14. The molecule has 0 spiro atoms. The fraction of sp³-hybridized carbons (Fsp3) is 0.222. The van der Waals surface area contributed by atoms with Crippen molar-refractivity contribution in [2.24, 2.45) is 5.73 Å². The van der Waals surface area contributed by atoms with Crippen LogP contribution >= 0.6 is 0 Å². The molecule has 0 atom stereocenters. The van der Waals surface area contributed by atoms with Crippen LogP contribution in [0.15, 0.2) is 24.3 Å². The molecule has 0 saturated carbocycles. The van der Waals surface area contributed by atoms with E-state index in [9.17, 15) is 18.0 Å². The topological polar surface area (TPSA) is 61.6 Å². The van der Waals surface area contributed by atoms with E-state index in [-0.39, 0.29) is 5.75 Å². The van der Waals surface area contributed by atoms with Gasteiger partial charge in [0.2, 0.25) is 0 Å². The number of carbonyl (C=O) groups excluding carboxylic acids is 1. The summed E-state index contributed by atoms with van der Waals surface area (Å²) in [7, 11) is 0. The molecular formula is C9H8F3NO3. The van der Waals surface area contributed by atoms with Gasteiger partial charge in [0.25, 0.3) is 5.91 Å². The second-order valence-electron chi connectivity index (χ2n) is 2.78. The van der Waals surface area contributed by atoms with E-state index < -0.39 is 24.6 Å². The molecule has 0 fully saturated rings.